The van der Waals surface area contributed by atoms with Gasteiger partial charge in [0.25, 0.3) is 5.91 Å². The quantitative estimate of drug-likeness (QED) is 0.347. The molecule has 0 saturated carbocycles. The molecule has 0 aliphatic carbocycles. The summed E-state index contributed by atoms with van der Waals surface area (Å²) in [6.45, 7) is 13.0. The molecule has 2 rings (SSSR count). The minimum atomic E-state index is -0.997. The van der Waals surface area contributed by atoms with Crippen molar-refractivity contribution in [3.8, 4) is 5.75 Å². The highest BCUT2D eigenvalue weighted by Crippen LogP contribution is 2.31. The second-order valence-electron chi connectivity index (χ2n) is 10.3. The predicted octanol–water partition coefficient (Wildman–Crippen LogP) is 5.44. The highest BCUT2D eigenvalue weighted by atomic mass is 32.1. The van der Waals surface area contributed by atoms with E-state index >= 15 is 0 Å². The zero-order valence-corrected chi connectivity index (χ0v) is 24.5. The molecule has 0 heterocycles. The summed E-state index contributed by atoms with van der Waals surface area (Å²) in [6.07, 6.45) is -0.130. The number of nitrogens with zero attached hydrogens (tertiary/aromatic N) is 1. The summed E-state index contributed by atoms with van der Waals surface area (Å²) in [5.41, 5.74) is 2.45. The summed E-state index contributed by atoms with van der Waals surface area (Å²) in [7, 11) is 1.57. The second kappa shape index (κ2) is 13.6. The Kier molecular flexibility index (Phi) is 11.1. The van der Waals surface area contributed by atoms with E-state index in [0.29, 0.717) is 23.4 Å². The summed E-state index contributed by atoms with van der Waals surface area (Å²) >= 11 is 4.35. The molecule has 0 aliphatic rings. The first kappa shape index (κ1) is 31.0. The molecular formula is C29H41N3O5S. The van der Waals surface area contributed by atoms with Gasteiger partial charge < -0.3 is 25.0 Å². The molecule has 38 heavy (non-hydrogen) atoms. The molecule has 2 aromatic rings. The number of alkyl carbamates (subject to hydrolysis) is 1. The van der Waals surface area contributed by atoms with Crippen molar-refractivity contribution < 1.29 is 23.9 Å². The molecule has 0 fully saturated rings. The van der Waals surface area contributed by atoms with E-state index in [1.165, 1.54) is 0 Å². The van der Waals surface area contributed by atoms with Crippen LogP contribution in [0.15, 0.2) is 42.5 Å². The van der Waals surface area contributed by atoms with E-state index in [1.54, 1.807) is 57.0 Å². The molecular weight excluding hydrogens is 502 g/mol. The van der Waals surface area contributed by atoms with Gasteiger partial charge in [-0.2, -0.15) is 12.6 Å². The number of benzene rings is 2. The Morgan fingerprint density at radius 1 is 1.05 bits per heavy atom. The minimum absolute atomic E-state index is 0.0324. The van der Waals surface area contributed by atoms with Gasteiger partial charge >= 0.3 is 6.09 Å². The third kappa shape index (κ3) is 8.15. The van der Waals surface area contributed by atoms with Crippen LogP contribution in [0.5, 0.6) is 5.75 Å². The van der Waals surface area contributed by atoms with Crippen molar-refractivity contribution in [2.24, 2.45) is 0 Å². The van der Waals surface area contributed by atoms with Crippen LogP contribution in [0, 0.1) is 13.8 Å². The Hall–Kier alpha value is -3.20. The van der Waals surface area contributed by atoms with Crippen LogP contribution in [0.3, 0.4) is 0 Å². The van der Waals surface area contributed by atoms with E-state index < -0.39 is 29.7 Å². The monoisotopic (exact) mass is 543 g/mol. The maximum atomic E-state index is 14.0. The van der Waals surface area contributed by atoms with Crippen LogP contribution < -0.4 is 15.4 Å². The fourth-order valence-corrected chi connectivity index (χ4v) is 4.23. The lowest BCUT2D eigenvalue weighted by Gasteiger charge is -2.38. The fourth-order valence-electron chi connectivity index (χ4n) is 3.98. The second-order valence-corrected chi connectivity index (χ2v) is 10.7. The molecule has 208 valence electrons. The standard InChI is InChI=1S/C29H41N3O5S/c1-9-19(3)32(27(34)24(17-38)31-28(35)37-29(5,6)7)25(23-12-10-11-18(2)20(23)4)26(33)30-21-13-15-22(36-8)16-14-21/h10-16,19,24-25,38H,9,17H2,1-8H3,(H,30,33)(H,31,35). The van der Waals surface area contributed by atoms with Crippen LogP contribution in [-0.2, 0) is 14.3 Å². The van der Waals surface area contributed by atoms with Crippen molar-refractivity contribution in [3.05, 3.63) is 59.2 Å². The first-order valence-electron chi connectivity index (χ1n) is 12.8. The first-order valence-corrected chi connectivity index (χ1v) is 13.4. The van der Waals surface area contributed by atoms with Gasteiger partial charge in [0.15, 0.2) is 0 Å². The number of rotatable bonds is 10. The largest absolute Gasteiger partial charge is 0.497 e. The summed E-state index contributed by atoms with van der Waals surface area (Å²) in [4.78, 5) is 42.1. The molecule has 8 nitrogen and oxygen atoms in total. The molecule has 2 N–H and O–H groups in total. The summed E-state index contributed by atoms with van der Waals surface area (Å²) in [5.74, 6) is -0.0935. The van der Waals surface area contributed by atoms with Gasteiger partial charge in [0, 0.05) is 17.5 Å². The number of hydrogen-bond donors (Lipinski definition) is 3. The van der Waals surface area contributed by atoms with Crippen molar-refractivity contribution in [2.45, 2.75) is 78.6 Å². The molecule has 9 heteroatoms. The number of thiol groups is 1. The van der Waals surface area contributed by atoms with Crippen molar-refractivity contribution >= 4 is 36.2 Å². The average Bonchev–Trinajstić information content (AvgIpc) is 2.86. The SMILES string of the molecule is CCC(C)N(C(=O)C(CS)NC(=O)OC(C)(C)C)C(C(=O)Nc1ccc(OC)cc1)c1cccc(C)c1C. The van der Waals surface area contributed by atoms with Crippen LogP contribution >= 0.6 is 12.6 Å². The molecule has 0 aliphatic heterocycles. The Balaban J connectivity index is 2.55. The summed E-state index contributed by atoms with van der Waals surface area (Å²) < 4.78 is 10.6. The van der Waals surface area contributed by atoms with Gasteiger partial charge in [-0.15, -0.1) is 0 Å². The highest BCUT2D eigenvalue weighted by Gasteiger charge is 2.39. The molecule has 0 aromatic heterocycles. The molecule has 3 atom stereocenters. The molecule has 2 aromatic carbocycles. The van der Waals surface area contributed by atoms with Crippen LogP contribution in [0.1, 0.15) is 63.8 Å². The molecule has 0 bridgehead atoms. The Morgan fingerprint density at radius 2 is 1.68 bits per heavy atom. The van der Waals surface area contributed by atoms with Gasteiger partial charge in [-0.1, -0.05) is 25.1 Å². The number of ether oxygens (including phenoxy) is 2. The number of aryl methyl sites for hydroxylation is 1. The molecule has 3 amide bonds. The van der Waals surface area contributed by atoms with Crippen molar-refractivity contribution in [1.82, 2.24) is 10.2 Å². The van der Waals surface area contributed by atoms with Gasteiger partial charge in [-0.25, -0.2) is 4.79 Å². The fraction of sp³-hybridized carbons (Fsp3) is 0.483. The molecule has 0 radical (unpaired) electrons. The van der Waals surface area contributed by atoms with E-state index in [9.17, 15) is 14.4 Å². The maximum Gasteiger partial charge on any atom is 0.408 e. The molecule has 0 saturated heterocycles. The first-order chi connectivity index (χ1) is 17.8. The topological polar surface area (TPSA) is 97.0 Å². The normalized spacial score (nSPS) is 13.6. The number of nitrogens with one attached hydrogen (secondary N) is 2. The number of anilines is 1. The molecule has 0 spiro atoms. The van der Waals surface area contributed by atoms with E-state index in [-0.39, 0.29) is 17.7 Å². The average molecular weight is 544 g/mol. The van der Waals surface area contributed by atoms with E-state index in [0.717, 1.165) is 11.1 Å². The number of carbonyl (C=O) groups is 3. The summed E-state index contributed by atoms with van der Waals surface area (Å²) in [6, 6.07) is 10.4. The lowest BCUT2D eigenvalue weighted by atomic mass is 9.93. The van der Waals surface area contributed by atoms with E-state index in [4.69, 9.17) is 9.47 Å². The number of methoxy groups -OCH3 is 1. The number of hydrogen-bond acceptors (Lipinski definition) is 6. The van der Waals surface area contributed by atoms with Crippen LogP contribution in [0.4, 0.5) is 10.5 Å². The van der Waals surface area contributed by atoms with Gasteiger partial charge in [0.1, 0.15) is 23.4 Å². The third-order valence-corrected chi connectivity index (χ3v) is 6.68. The lowest BCUT2D eigenvalue weighted by Crippen LogP contribution is -2.55. The van der Waals surface area contributed by atoms with Crippen LogP contribution in [0.25, 0.3) is 0 Å². The summed E-state index contributed by atoms with van der Waals surface area (Å²) in [5, 5.41) is 5.60. The van der Waals surface area contributed by atoms with E-state index in [1.807, 2.05) is 45.9 Å². The number of amides is 3. The Morgan fingerprint density at radius 3 is 2.21 bits per heavy atom. The zero-order chi connectivity index (χ0) is 28.6. The lowest BCUT2D eigenvalue weighted by molar-refractivity contribution is -0.143. The highest BCUT2D eigenvalue weighted by molar-refractivity contribution is 7.80. The van der Waals surface area contributed by atoms with Crippen molar-refractivity contribution in [2.75, 3.05) is 18.2 Å². The zero-order valence-electron chi connectivity index (χ0n) is 23.6. The van der Waals surface area contributed by atoms with Crippen molar-refractivity contribution in [3.63, 3.8) is 0 Å². The van der Waals surface area contributed by atoms with Crippen molar-refractivity contribution in [1.29, 1.82) is 0 Å². The Labute approximate surface area is 231 Å². The molecule has 3 unspecified atom stereocenters. The Bertz CT molecular complexity index is 1110. The maximum absolute atomic E-state index is 14.0. The minimum Gasteiger partial charge on any atom is -0.497 e. The number of carbonyl (C=O) groups excluding carboxylic acids is 3. The third-order valence-electron chi connectivity index (χ3n) is 6.32. The van der Waals surface area contributed by atoms with Gasteiger partial charge in [0.05, 0.1) is 7.11 Å². The predicted molar refractivity (Wildman–Crippen MR) is 154 cm³/mol. The van der Waals surface area contributed by atoms with Crippen LogP contribution in [0.2, 0.25) is 0 Å². The van der Waals surface area contributed by atoms with Gasteiger partial charge in [0.2, 0.25) is 5.91 Å². The van der Waals surface area contributed by atoms with E-state index in [2.05, 4.69) is 23.3 Å². The van der Waals surface area contributed by atoms with Gasteiger partial charge in [-0.05, 0) is 88.9 Å². The van der Waals surface area contributed by atoms with Crippen LogP contribution in [-0.4, -0.2) is 53.4 Å². The smallest absolute Gasteiger partial charge is 0.408 e. The van der Waals surface area contributed by atoms with Gasteiger partial charge in [-0.3, -0.25) is 9.59 Å².